The lowest BCUT2D eigenvalue weighted by Crippen LogP contribution is -2.54. The fourth-order valence-corrected chi connectivity index (χ4v) is 4.71. The number of halogens is 1. The first-order valence-corrected chi connectivity index (χ1v) is 12.2. The lowest BCUT2D eigenvalue weighted by molar-refractivity contribution is -0.442. The van der Waals surface area contributed by atoms with Crippen LogP contribution in [0.15, 0.2) is 67.0 Å². The summed E-state index contributed by atoms with van der Waals surface area (Å²) in [5, 5.41) is 9.36. The first kappa shape index (κ1) is 23.9. The highest BCUT2D eigenvalue weighted by Gasteiger charge is 2.50. The van der Waals surface area contributed by atoms with Crippen LogP contribution in [0.25, 0.3) is 11.3 Å². The topological polar surface area (TPSA) is 65.7 Å². The standard InChI is InChI=1S/C29H29FN3O3/c1-19(2)21-5-3-20(4-6-21)18-36-23-7-8-24(25(30)17-23)26-27(22-9-11-31-12-10-22)33-14-13-32(15-16-34)29(35)28(26)33/h3-12,17,19,34H,13-16,18H2,1-2H3/q+1. The van der Waals surface area contributed by atoms with Crippen LogP contribution in [0.5, 0.6) is 5.75 Å². The average molecular weight is 487 g/mol. The largest absolute Gasteiger partial charge is 0.489 e. The fraction of sp³-hybridized carbons (Fsp3) is 0.276. The van der Waals surface area contributed by atoms with Gasteiger partial charge in [0.15, 0.2) is 6.54 Å². The van der Waals surface area contributed by atoms with Crippen LogP contribution in [0.1, 0.15) is 42.0 Å². The molecule has 0 spiro atoms. The third-order valence-corrected chi connectivity index (χ3v) is 6.68. The van der Waals surface area contributed by atoms with Gasteiger partial charge in [-0.3, -0.25) is 9.78 Å². The molecule has 3 aromatic rings. The molecule has 1 amide bonds. The lowest BCUT2D eigenvalue weighted by atomic mass is 9.87. The number of benzene rings is 2. The van der Waals surface area contributed by atoms with Gasteiger partial charge in [-0.1, -0.05) is 38.1 Å². The molecule has 2 aliphatic rings. The second-order valence-electron chi connectivity index (χ2n) is 9.30. The van der Waals surface area contributed by atoms with E-state index in [1.807, 2.05) is 28.8 Å². The number of β-amino-alcohol motifs (C(OH)–C–C–N with tert-alkyl or cyclic N) is 1. The molecule has 0 unspecified atom stereocenters. The Morgan fingerprint density at radius 1 is 1.11 bits per heavy atom. The highest BCUT2D eigenvalue weighted by Crippen LogP contribution is 2.39. The Bertz CT molecular complexity index is 1350. The number of carbonyl (C=O) groups excluding carboxylic acids is 1. The summed E-state index contributed by atoms with van der Waals surface area (Å²) in [6, 6.07) is 16.7. The second-order valence-corrected chi connectivity index (χ2v) is 9.30. The number of rotatable bonds is 8. The van der Waals surface area contributed by atoms with E-state index in [0.717, 1.165) is 16.8 Å². The zero-order valence-corrected chi connectivity index (χ0v) is 20.4. The average Bonchev–Trinajstić information content (AvgIpc) is 2.87. The number of aliphatic hydroxyl groups is 1. The van der Waals surface area contributed by atoms with E-state index in [0.29, 0.717) is 48.2 Å². The quantitative estimate of drug-likeness (QED) is 0.487. The van der Waals surface area contributed by atoms with E-state index < -0.39 is 5.82 Å². The molecule has 184 valence electrons. The Morgan fingerprint density at radius 3 is 2.53 bits per heavy atom. The number of hydrogen-bond donors (Lipinski definition) is 1. The van der Waals surface area contributed by atoms with Gasteiger partial charge in [0.1, 0.15) is 23.7 Å². The predicted molar refractivity (Wildman–Crippen MR) is 136 cm³/mol. The van der Waals surface area contributed by atoms with E-state index in [9.17, 15) is 9.90 Å². The number of ether oxygens (including phenoxy) is 1. The van der Waals surface area contributed by atoms with Crippen molar-refractivity contribution in [2.75, 3.05) is 26.2 Å². The van der Waals surface area contributed by atoms with Crippen molar-refractivity contribution < 1.29 is 23.6 Å². The summed E-state index contributed by atoms with van der Waals surface area (Å²) in [7, 11) is 0. The smallest absolute Gasteiger partial charge is 0.319 e. The van der Waals surface area contributed by atoms with Gasteiger partial charge in [0.05, 0.1) is 18.7 Å². The number of carbonyl (C=O) groups is 1. The van der Waals surface area contributed by atoms with Crippen molar-refractivity contribution in [3.8, 4) is 5.75 Å². The van der Waals surface area contributed by atoms with Crippen LogP contribution in [0, 0.1) is 5.82 Å². The molecule has 7 heteroatoms. The summed E-state index contributed by atoms with van der Waals surface area (Å²) < 4.78 is 23.3. The Labute approximate surface area is 210 Å². The van der Waals surface area contributed by atoms with Crippen molar-refractivity contribution in [1.29, 1.82) is 0 Å². The summed E-state index contributed by atoms with van der Waals surface area (Å²) in [5.41, 5.74) is 5.32. The van der Waals surface area contributed by atoms with Gasteiger partial charge in [-0.05, 0) is 41.3 Å². The maximum absolute atomic E-state index is 15.5. The van der Waals surface area contributed by atoms with Gasteiger partial charge in [-0.2, -0.15) is 4.58 Å². The Balaban J connectivity index is 1.42. The van der Waals surface area contributed by atoms with Gasteiger partial charge in [-0.25, -0.2) is 4.39 Å². The zero-order valence-electron chi connectivity index (χ0n) is 20.4. The maximum Gasteiger partial charge on any atom is 0.319 e. The Hall–Kier alpha value is -3.84. The SMILES string of the molecule is CC(C)c1ccc(COc2ccc(C3=C(c4ccncc4)[N+]4=C3C(=O)N(CCO)CC4)c(F)c2)cc1. The van der Waals surface area contributed by atoms with Crippen molar-refractivity contribution in [2.45, 2.75) is 26.4 Å². The van der Waals surface area contributed by atoms with Crippen LogP contribution in [0.2, 0.25) is 0 Å². The Morgan fingerprint density at radius 2 is 1.86 bits per heavy atom. The molecule has 2 aliphatic heterocycles. The van der Waals surface area contributed by atoms with Crippen LogP contribution < -0.4 is 4.74 Å². The van der Waals surface area contributed by atoms with Crippen molar-refractivity contribution >= 4 is 22.9 Å². The molecule has 0 atom stereocenters. The molecule has 6 nitrogen and oxygen atoms in total. The monoisotopic (exact) mass is 486 g/mol. The molecule has 2 aromatic carbocycles. The van der Waals surface area contributed by atoms with Crippen molar-refractivity contribution in [1.82, 2.24) is 9.88 Å². The van der Waals surface area contributed by atoms with Crippen molar-refractivity contribution in [3.63, 3.8) is 0 Å². The van der Waals surface area contributed by atoms with E-state index in [2.05, 4.69) is 31.0 Å². The number of hydrogen-bond acceptors (Lipinski definition) is 4. The Kier molecular flexibility index (Phi) is 6.65. The molecular weight excluding hydrogens is 457 g/mol. The zero-order chi connectivity index (χ0) is 25.2. The van der Waals surface area contributed by atoms with Crippen molar-refractivity contribution in [2.24, 2.45) is 0 Å². The van der Waals surface area contributed by atoms with E-state index in [1.54, 1.807) is 29.4 Å². The molecule has 1 N–H and O–H groups in total. The fourth-order valence-electron chi connectivity index (χ4n) is 4.71. The summed E-state index contributed by atoms with van der Waals surface area (Å²) in [4.78, 5) is 18.9. The number of amides is 1. The molecule has 0 fully saturated rings. The minimum Gasteiger partial charge on any atom is -0.489 e. The third-order valence-electron chi connectivity index (χ3n) is 6.68. The van der Waals surface area contributed by atoms with Crippen LogP contribution >= 0.6 is 0 Å². The number of aromatic nitrogens is 1. The van der Waals surface area contributed by atoms with E-state index in [1.165, 1.54) is 11.6 Å². The minimum atomic E-state index is -0.455. The summed E-state index contributed by atoms with van der Waals surface area (Å²) >= 11 is 0. The molecule has 0 radical (unpaired) electrons. The van der Waals surface area contributed by atoms with E-state index in [-0.39, 0.29) is 19.1 Å². The molecule has 0 aliphatic carbocycles. The second kappa shape index (κ2) is 10.0. The van der Waals surface area contributed by atoms with E-state index in [4.69, 9.17) is 4.74 Å². The number of aliphatic hydroxyl groups excluding tert-OH is 1. The molecule has 0 saturated heterocycles. The minimum absolute atomic E-state index is 0.115. The molecule has 0 saturated carbocycles. The van der Waals surface area contributed by atoms with Gasteiger partial charge in [0.25, 0.3) is 5.71 Å². The normalized spacial score (nSPS) is 15.4. The van der Waals surface area contributed by atoms with Gasteiger partial charge in [0.2, 0.25) is 5.70 Å². The molecule has 3 heterocycles. The van der Waals surface area contributed by atoms with Gasteiger partial charge in [0, 0.05) is 30.6 Å². The highest BCUT2D eigenvalue weighted by atomic mass is 19.1. The number of pyridine rings is 1. The maximum atomic E-state index is 15.5. The molecule has 36 heavy (non-hydrogen) atoms. The molecule has 5 rings (SSSR count). The van der Waals surface area contributed by atoms with Crippen LogP contribution in [-0.2, 0) is 11.4 Å². The van der Waals surface area contributed by atoms with Gasteiger partial charge < -0.3 is 14.7 Å². The third kappa shape index (κ3) is 4.42. The van der Waals surface area contributed by atoms with Crippen LogP contribution in [-0.4, -0.2) is 57.4 Å². The first-order chi connectivity index (χ1) is 17.5. The first-order valence-electron chi connectivity index (χ1n) is 12.2. The van der Waals surface area contributed by atoms with Gasteiger partial charge >= 0.3 is 5.91 Å². The molecule has 1 aromatic heterocycles. The van der Waals surface area contributed by atoms with E-state index >= 15 is 4.39 Å². The summed E-state index contributed by atoms with van der Waals surface area (Å²) in [6.07, 6.45) is 3.37. The molecular formula is C29H29FN3O3+. The highest BCUT2D eigenvalue weighted by molar-refractivity contribution is 6.59. The van der Waals surface area contributed by atoms with Gasteiger partial charge in [-0.15, -0.1) is 0 Å². The summed E-state index contributed by atoms with van der Waals surface area (Å²) in [5.74, 6) is 0.226. The number of nitrogens with zero attached hydrogens (tertiary/aromatic N) is 3. The van der Waals surface area contributed by atoms with Crippen LogP contribution in [0.3, 0.4) is 0 Å². The van der Waals surface area contributed by atoms with Crippen molar-refractivity contribution in [3.05, 3.63) is 95.1 Å². The van der Waals surface area contributed by atoms with Crippen LogP contribution in [0.4, 0.5) is 4.39 Å². The molecule has 0 bridgehead atoms. The predicted octanol–water partition coefficient (Wildman–Crippen LogP) is 4.09. The summed E-state index contributed by atoms with van der Waals surface area (Å²) in [6.45, 7) is 5.85. The lowest BCUT2D eigenvalue weighted by Gasteiger charge is -2.32.